The molecule has 0 bridgehead atoms. The molecule has 0 amide bonds. The number of pyridine rings is 1. The third-order valence-electron chi connectivity index (χ3n) is 4.31. The Balaban J connectivity index is 1.82. The van der Waals surface area contributed by atoms with Crippen molar-refractivity contribution in [2.75, 3.05) is 37.5 Å². The van der Waals surface area contributed by atoms with Gasteiger partial charge in [0, 0.05) is 26.4 Å². The highest BCUT2D eigenvalue weighted by Crippen LogP contribution is 2.29. The summed E-state index contributed by atoms with van der Waals surface area (Å²) in [6.07, 6.45) is 0. The smallest absolute Gasteiger partial charge is 0.324 e. The summed E-state index contributed by atoms with van der Waals surface area (Å²) in [4.78, 5) is 10.1. The molecule has 1 aromatic heterocycles. The highest BCUT2D eigenvalue weighted by atomic mass is 16.5. The first-order chi connectivity index (χ1) is 12.1. The maximum atomic E-state index is 7.34. The van der Waals surface area contributed by atoms with Gasteiger partial charge in [-0.15, -0.1) is 0 Å². The van der Waals surface area contributed by atoms with Gasteiger partial charge >= 0.3 is 6.92 Å². The van der Waals surface area contributed by atoms with Crippen LogP contribution in [0.1, 0.15) is 5.56 Å². The zero-order valence-electron chi connectivity index (χ0n) is 14.7. The van der Waals surface area contributed by atoms with Crippen LogP contribution in [0.3, 0.4) is 0 Å². The molecule has 1 aliphatic rings. The Morgan fingerprint density at radius 1 is 1.40 bits per heavy atom. The molecule has 2 aromatic rings. The number of methoxy groups -OCH3 is 1. The minimum absolute atomic E-state index is 0.154. The number of nitrogens with zero attached hydrogens (tertiary/aromatic N) is 3. The summed E-state index contributed by atoms with van der Waals surface area (Å²) >= 11 is 0. The molecule has 0 aliphatic carbocycles. The van der Waals surface area contributed by atoms with Crippen molar-refractivity contribution in [2.45, 2.75) is 13.4 Å². The molecule has 0 atom stereocenters. The molecule has 0 saturated carbocycles. The average molecular weight is 336 g/mol. The Hall–Kier alpha value is -2.56. The molecular formula is C18H21BN4O2. The fourth-order valence-electron chi connectivity index (χ4n) is 2.87. The Bertz CT molecular complexity index is 806. The van der Waals surface area contributed by atoms with Crippen LogP contribution in [0, 0.1) is 6.57 Å². The Kier molecular flexibility index (Phi) is 5.22. The van der Waals surface area contributed by atoms with E-state index in [1.54, 1.807) is 13.2 Å². The Labute approximate surface area is 148 Å². The Morgan fingerprint density at radius 3 is 3.00 bits per heavy atom. The van der Waals surface area contributed by atoms with Crippen molar-refractivity contribution < 1.29 is 9.39 Å². The third-order valence-corrected chi connectivity index (χ3v) is 4.31. The first kappa shape index (κ1) is 17.3. The molecule has 1 N–H and O–H groups in total. The van der Waals surface area contributed by atoms with E-state index in [2.05, 4.69) is 34.1 Å². The fraction of sp³-hybridized carbons (Fsp3) is 0.333. The number of ether oxygens (including phenoxy) is 1. The summed E-state index contributed by atoms with van der Waals surface area (Å²) in [5.41, 5.74) is 3.93. The monoisotopic (exact) mass is 336 g/mol. The summed E-state index contributed by atoms with van der Waals surface area (Å²) in [6.45, 7) is 11.4. The van der Waals surface area contributed by atoms with Crippen LogP contribution < -0.4 is 15.7 Å². The van der Waals surface area contributed by atoms with Crippen LogP contribution in [-0.4, -0.2) is 39.2 Å². The summed E-state index contributed by atoms with van der Waals surface area (Å²) in [6, 6.07) is 9.84. The van der Waals surface area contributed by atoms with E-state index in [0.717, 1.165) is 5.69 Å². The predicted octanol–water partition coefficient (Wildman–Crippen LogP) is 2.82. The van der Waals surface area contributed by atoms with Crippen LogP contribution in [-0.2, 0) is 16.0 Å². The molecule has 128 valence electrons. The van der Waals surface area contributed by atoms with Crippen molar-refractivity contribution >= 4 is 35.4 Å². The van der Waals surface area contributed by atoms with E-state index in [-0.39, 0.29) is 6.92 Å². The standard InChI is InChI=1S/C18H21BN4O2/c1-19-15-6-5-14(11-13(15)12-25-19)21-17-8-7-16(20-2)18(22-17)23(3)9-10-24-4/h5-8,11H,9-10,12H2,1,3-4H3,(H,21,22). The molecule has 0 saturated heterocycles. The lowest BCUT2D eigenvalue weighted by Gasteiger charge is -2.20. The van der Waals surface area contributed by atoms with Gasteiger partial charge in [-0.25, -0.2) is 9.83 Å². The van der Waals surface area contributed by atoms with E-state index < -0.39 is 0 Å². The minimum atomic E-state index is 0.154. The van der Waals surface area contributed by atoms with Crippen molar-refractivity contribution in [1.29, 1.82) is 0 Å². The van der Waals surface area contributed by atoms with Crippen molar-refractivity contribution in [3.8, 4) is 0 Å². The number of benzene rings is 1. The second kappa shape index (κ2) is 7.56. The van der Waals surface area contributed by atoms with Gasteiger partial charge in [-0.1, -0.05) is 12.9 Å². The van der Waals surface area contributed by atoms with Crippen LogP contribution in [0.4, 0.5) is 23.0 Å². The van der Waals surface area contributed by atoms with E-state index in [1.807, 2.05) is 24.1 Å². The summed E-state index contributed by atoms with van der Waals surface area (Å²) < 4.78 is 10.8. The van der Waals surface area contributed by atoms with Gasteiger partial charge in [-0.05, 0) is 35.3 Å². The number of rotatable bonds is 6. The molecule has 25 heavy (non-hydrogen) atoms. The van der Waals surface area contributed by atoms with E-state index in [1.165, 1.54) is 11.0 Å². The summed E-state index contributed by atoms with van der Waals surface area (Å²) in [5.74, 6) is 1.36. The molecule has 1 aliphatic heterocycles. The molecule has 0 fully saturated rings. The first-order valence-corrected chi connectivity index (χ1v) is 8.22. The second-order valence-electron chi connectivity index (χ2n) is 6.06. The number of likely N-dealkylation sites (N-methyl/N-ethyl adjacent to an activating group) is 1. The van der Waals surface area contributed by atoms with Gasteiger partial charge in [-0.2, -0.15) is 0 Å². The maximum Gasteiger partial charge on any atom is 0.324 e. The molecule has 2 heterocycles. The molecule has 7 heteroatoms. The van der Waals surface area contributed by atoms with Gasteiger partial charge in [0.2, 0.25) is 5.69 Å². The fourth-order valence-corrected chi connectivity index (χ4v) is 2.87. The van der Waals surface area contributed by atoms with Crippen molar-refractivity contribution in [3.63, 3.8) is 0 Å². The Morgan fingerprint density at radius 2 is 2.24 bits per heavy atom. The highest BCUT2D eigenvalue weighted by Gasteiger charge is 2.23. The lowest BCUT2D eigenvalue weighted by atomic mass is 9.64. The van der Waals surface area contributed by atoms with Gasteiger partial charge < -0.3 is 19.6 Å². The van der Waals surface area contributed by atoms with E-state index in [4.69, 9.17) is 16.0 Å². The lowest BCUT2D eigenvalue weighted by Crippen LogP contribution is -2.24. The summed E-state index contributed by atoms with van der Waals surface area (Å²) in [7, 11) is 3.57. The normalized spacial score (nSPS) is 12.6. The largest absolute Gasteiger partial charge is 0.427 e. The summed E-state index contributed by atoms with van der Waals surface area (Å²) in [5, 5.41) is 3.32. The highest BCUT2D eigenvalue weighted by molar-refractivity contribution is 6.67. The van der Waals surface area contributed by atoms with Crippen LogP contribution >= 0.6 is 0 Å². The second-order valence-corrected chi connectivity index (χ2v) is 6.06. The van der Waals surface area contributed by atoms with Gasteiger partial charge in [0.25, 0.3) is 0 Å². The van der Waals surface area contributed by atoms with Crippen LogP contribution in [0.15, 0.2) is 30.3 Å². The van der Waals surface area contributed by atoms with Gasteiger partial charge in [-0.3, -0.25) is 0 Å². The lowest BCUT2D eigenvalue weighted by molar-refractivity contribution is 0.206. The number of aromatic nitrogens is 1. The SMILES string of the molecule is [C-]#[N+]c1ccc(Nc2ccc3c(c2)COB3C)nc1N(C)CCOC. The number of nitrogens with one attached hydrogen (secondary N) is 1. The zero-order chi connectivity index (χ0) is 17.8. The third kappa shape index (κ3) is 3.76. The molecule has 0 spiro atoms. The number of fused-ring (bicyclic) bond motifs is 1. The van der Waals surface area contributed by atoms with Crippen LogP contribution in [0.5, 0.6) is 0 Å². The van der Waals surface area contributed by atoms with E-state index in [0.29, 0.717) is 37.1 Å². The molecule has 6 nitrogen and oxygen atoms in total. The average Bonchev–Trinajstić information content (AvgIpc) is 3.00. The minimum Gasteiger partial charge on any atom is -0.427 e. The molecule has 0 unspecified atom stereocenters. The number of hydrogen-bond donors (Lipinski definition) is 1. The maximum absolute atomic E-state index is 7.34. The van der Waals surface area contributed by atoms with E-state index >= 15 is 0 Å². The van der Waals surface area contributed by atoms with Crippen molar-refractivity contribution in [3.05, 3.63) is 47.3 Å². The quantitative estimate of drug-likeness (QED) is 0.649. The van der Waals surface area contributed by atoms with Gasteiger partial charge in [0.15, 0.2) is 0 Å². The van der Waals surface area contributed by atoms with E-state index in [9.17, 15) is 0 Å². The molecular weight excluding hydrogens is 315 g/mol. The molecule has 0 radical (unpaired) electrons. The van der Waals surface area contributed by atoms with Crippen molar-refractivity contribution in [1.82, 2.24) is 4.98 Å². The van der Waals surface area contributed by atoms with Gasteiger partial charge in [0.1, 0.15) is 11.6 Å². The first-order valence-electron chi connectivity index (χ1n) is 8.22. The number of anilines is 3. The van der Waals surface area contributed by atoms with Gasteiger partial charge in [0.05, 0.1) is 19.8 Å². The van der Waals surface area contributed by atoms with Crippen molar-refractivity contribution in [2.24, 2.45) is 0 Å². The predicted molar refractivity (Wildman–Crippen MR) is 101 cm³/mol. The number of hydrogen-bond acceptors (Lipinski definition) is 5. The van der Waals surface area contributed by atoms with Crippen LogP contribution in [0.25, 0.3) is 4.85 Å². The molecule has 1 aromatic carbocycles. The zero-order valence-corrected chi connectivity index (χ0v) is 14.7. The van der Waals surface area contributed by atoms with Crippen LogP contribution in [0.2, 0.25) is 6.82 Å². The molecule has 3 rings (SSSR count). The topological polar surface area (TPSA) is 51.0 Å².